The number of anilines is 1. The Kier molecular flexibility index (Phi) is 4.79. The van der Waals surface area contributed by atoms with Crippen LogP contribution < -0.4 is 10.6 Å². The third kappa shape index (κ3) is 3.55. The Bertz CT molecular complexity index is 344. The molecule has 0 aliphatic carbocycles. The Labute approximate surface area is 96.0 Å². The van der Waals surface area contributed by atoms with E-state index in [2.05, 4.69) is 10.6 Å². The highest BCUT2D eigenvalue weighted by atomic mass is 16.5. The maximum atomic E-state index is 11.5. The quantitative estimate of drug-likeness (QED) is 0.766. The first-order valence-corrected chi connectivity index (χ1v) is 5.25. The molecule has 4 heteroatoms. The monoisotopic (exact) mass is 222 g/mol. The molecule has 0 spiro atoms. The van der Waals surface area contributed by atoms with E-state index in [9.17, 15) is 4.79 Å². The molecule has 2 N–H and O–H groups in total. The van der Waals surface area contributed by atoms with E-state index in [0.29, 0.717) is 13.2 Å². The molecule has 0 aromatic heterocycles. The summed E-state index contributed by atoms with van der Waals surface area (Å²) >= 11 is 0. The topological polar surface area (TPSA) is 50.4 Å². The van der Waals surface area contributed by atoms with Gasteiger partial charge in [-0.25, -0.2) is 4.79 Å². The molecule has 0 saturated carbocycles. The van der Waals surface area contributed by atoms with E-state index in [1.165, 1.54) is 0 Å². The number of amides is 2. The number of hydrogen-bond donors (Lipinski definition) is 2. The minimum absolute atomic E-state index is 0.200. The van der Waals surface area contributed by atoms with Gasteiger partial charge in [-0.2, -0.15) is 0 Å². The number of ether oxygens (including phenoxy) is 1. The van der Waals surface area contributed by atoms with Crippen LogP contribution in [0.5, 0.6) is 0 Å². The number of aryl methyl sites for hydroxylation is 2. The zero-order valence-corrected chi connectivity index (χ0v) is 9.96. The van der Waals surface area contributed by atoms with Crippen molar-refractivity contribution in [1.29, 1.82) is 0 Å². The smallest absolute Gasteiger partial charge is 0.319 e. The van der Waals surface area contributed by atoms with Gasteiger partial charge in [-0.3, -0.25) is 0 Å². The van der Waals surface area contributed by atoms with Crippen molar-refractivity contribution < 1.29 is 9.53 Å². The minimum atomic E-state index is -0.200. The fourth-order valence-corrected chi connectivity index (χ4v) is 1.44. The van der Waals surface area contributed by atoms with Crippen LogP contribution >= 0.6 is 0 Å². The first-order chi connectivity index (χ1) is 7.65. The molecule has 2 amide bonds. The van der Waals surface area contributed by atoms with Crippen molar-refractivity contribution in [2.75, 3.05) is 25.6 Å². The van der Waals surface area contributed by atoms with Gasteiger partial charge in [-0.15, -0.1) is 0 Å². The van der Waals surface area contributed by atoms with E-state index in [-0.39, 0.29) is 6.03 Å². The average Bonchev–Trinajstić information content (AvgIpc) is 2.24. The first-order valence-electron chi connectivity index (χ1n) is 5.25. The number of para-hydroxylation sites is 1. The third-order valence-electron chi connectivity index (χ3n) is 2.31. The van der Waals surface area contributed by atoms with E-state index in [1.807, 2.05) is 32.0 Å². The summed E-state index contributed by atoms with van der Waals surface area (Å²) in [6, 6.07) is 5.71. The van der Waals surface area contributed by atoms with Gasteiger partial charge in [0.2, 0.25) is 0 Å². The van der Waals surface area contributed by atoms with E-state index in [4.69, 9.17) is 4.74 Å². The largest absolute Gasteiger partial charge is 0.383 e. The van der Waals surface area contributed by atoms with E-state index in [1.54, 1.807) is 7.11 Å². The highest BCUT2D eigenvalue weighted by molar-refractivity contribution is 5.90. The molecular formula is C12H18N2O2. The van der Waals surface area contributed by atoms with Crippen molar-refractivity contribution in [3.8, 4) is 0 Å². The molecule has 16 heavy (non-hydrogen) atoms. The Morgan fingerprint density at radius 2 is 1.94 bits per heavy atom. The summed E-state index contributed by atoms with van der Waals surface area (Å²) in [5, 5.41) is 5.54. The Balaban J connectivity index is 2.56. The highest BCUT2D eigenvalue weighted by Crippen LogP contribution is 2.18. The first kappa shape index (κ1) is 12.5. The van der Waals surface area contributed by atoms with Crippen molar-refractivity contribution >= 4 is 11.7 Å². The van der Waals surface area contributed by atoms with Gasteiger partial charge >= 0.3 is 6.03 Å². The molecule has 1 aromatic carbocycles. The highest BCUT2D eigenvalue weighted by Gasteiger charge is 2.05. The lowest BCUT2D eigenvalue weighted by Gasteiger charge is -2.12. The van der Waals surface area contributed by atoms with Crippen LogP contribution in [0.2, 0.25) is 0 Å². The van der Waals surface area contributed by atoms with E-state index in [0.717, 1.165) is 16.8 Å². The second-order valence-electron chi connectivity index (χ2n) is 3.64. The predicted octanol–water partition coefficient (Wildman–Crippen LogP) is 2.07. The predicted molar refractivity (Wildman–Crippen MR) is 64.8 cm³/mol. The summed E-state index contributed by atoms with van der Waals surface area (Å²) in [6.07, 6.45) is 0. The van der Waals surface area contributed by atoms with Crippen molar-refractivity contribution in [1.82, 2.24) is 5.32 Å². The molecule has 1 aromatic rings. The van der Waals surface area contributed by atoms with E-state index >= 15 is 0 Å². The second-order valence-corrected chi connectivity index (χ2v) is 3.64. The summed E-state index contributed by atoms with van der Waals surface area (Å²) in [4.78, 5) is 11.5. The van der Waals surface area contributed by atoms with Gasteiger partial charge < -0.3 is 15.4 Å². The van der Waals surface area contributed by atoms with Gasteiger partial charge in [0.05, 0.1) is 6.61 Å². The Morgan fingerprint density at radius 3 is 2.50 bits per heavy atom. The second kappa shape index (κ2) is 6.12. The molecule has 0 atom stereocenters. The minimum Gasteiger partial charge on any atom is -0.383 e. The van der Waals surface area contributed by atoms with Crippen LogP contribution in [-0.2, 0) is 4.74 Å². The number of carbonyl (C=O) groups excluding carboxylic acids is 1. The van der Waals surface area contributed by atoms with Gasteiger partial charge in [-0.1, -0.05) is 18.2 Å². The van der Waals surface area contributed by atoms with Crippen LogP contribution in [0.1, 0.15) is 11.1 Å². The van der Waals surface area contributed by atoms with Crippen LogP contribution in [0.25, 0.3) is 0 Å². The van der Waals surface area contributed by atoms with Gasteiger partial charge in [0.25, 0.3) is 0 Å². The van der Waals surface area contributed by atoms with Crippen molar-refractivity contribution in [2.45, 2.75) is 13.8 Å². The zero-order chi connectivity index (χ0) is 12.0. The van der Waals surface area contributed by atoms with Crippen molar-refractivity contribution in [3.63, 3.8) is 0 Å². The number of hydrogen-bond acceptors (Lipinski definition) is 2. The van der Waals surface area contributed by atoms with E-state index < -0.39 is 0 Å². The number of benzene rings is 1. The SMILES string of the molecule is COCCNC(=O)Nc1c(C)cccc1C. The molecule has 0 heterocycles. The summed E-state index contributed by atoms with van der Waals surface area (Å²) in [7, 11) is 1.60. The van der Waals surface area contributed by atoms with Crippen LogP contribution in [-0.4, -0.2) is 26.3 Å². The van der Waals surface area contributed by atoms with Crippen molar-refractivity contribution in [2.24, 2.45) is 0 Å². The van der Waals surface area contributed by atoms with Crippen LogP contribution in [0.3, 0.4) is 0 Å². The molecule has 0 saturated heterocycles. The maximum absolute atomic E-state index is 11.5. The fourth-order valence-electron chi connectivity index (χ4n) is 1.44. The normalized spacial score (nSPS) is 9.94. The lowest BCUT2D eigenvalue weighted by molar-refractivity contribution is 0.198. The molecule has 1 rings (SSSR count). The van der Waals surface area contributed by atoms with Gasteiger partial charge in [-0.05, 0) is 25.0 Å². The fraction of sp³-hybridized carbons (Fsp3) is 0.417. The van der Waals surface area contributed by atoms with Gasteiger partial charge in [0.1, 0.15) is 0 Å². The molecular weight excluding hydrogens is 204 g/mol. The summed E-state index contributed by atoms with van der Waals surface area (Å²) < 4.78 is 4.85. The third-order valence-corrected chi connectivity index (χ3v) is 2.31. The van der Waals surface area contributed by atoms with Gasteiger partial charge in [0.15, 0.2) is 0 Å². The zero-order valence-electron chi connectivity index (χ0n) is 9.96. The van der Waals surface area contributed by atoms with Gasteiger partial charge in [0, 0.05) is 19.3 Å². The number of carbonyl (C=O) groups is 1. The Morgan fingerprint density at radius 1 is 1.31 bits per heavy atom. The van der Waals surface area contributed by atoms with Crippen molar-refractivity contribution in [3.05, 3.63) is 29.3 Å². The molecule has 0 fully saturated rings. The standard InChI is InChI=1S/C12H18N2O2/c1-9-5-4-6-10(2)11(9)14-12(15)13-7-8-16-3/h4-6H,7-8H2,1-3H3,(H2,13,14,15). The lowest BCUT2D eigenvalue weighted by Crippen LogP contribution is -2.31. The molecule has 0 bridgehead atoms. The summed E-state index contributed by atoms with van der Waals surface area (Å²) in [6.45, 7) is 4.96. The van der Waals surface area contributed by atoms with Crippen LogP contribution in [0.4, 0.5) is 10.5 Å². The number of nitrogens with one attached hydrogen (secondary N) is 2. The summed E-state index contributed by atoms with van der Waals surface area (Å²) in [5.74, 6) is 0. The Hall–Kier alpha value is -1.55. The molecule has 0 aliphatic heterocycles. The number of rotatable bonds is 4. The number of urea groups is 1. The summed E-state index contributed by atoms with van der Waals surface area (Å²) in [5.41, 5.74) is 2.99. The molecule has 0 radical (unpaired) electrons. The number of methoxy groups -OCH3 is 1. The molecule has 88 valence electrons. The average molecular weight is 222 g/mol. The molecule has 4 nitrogen and oxygen atoms in total. The van der Waals surface area contributed by atoms with Crippen LogP contribution in [0.15, 0.2) is 18.2 Å². The molecule has 0 unspecified atom stereocenters. The van der Waals surface area contributed by atoms with Crippen LogP contribution in [0, 0.1) is 13.8 Å². The molecule has 0 aliphatic rings. The maximum Gasteiger partial charge on any atom is 0.319 e. The lowest BCUT2D eigenvalue weighted by atomic mass is 10.1.